The van der Waals surface area contributed by atoms with E-state index in [2.05, 4.69) is 4.90 Å². The number of nitro groups is 1. The smallest absolute Gasteiger partial charge is 0.269 e. The number of nitrogens with zero attached hydrogens (tertiary/aromatic N) is 4. The summed E-state index contributed by atoms with van der Waals surface area (Å²) in [5, 5.41) is 20.5. The molecule has 0 atom stereocenters. The fourth-order valence-corrected chi connectivity index (χ4v) is 3.88. The summed E-state index contributed by atoms with van der Waals surface area (Å²) in [5.41, 5.74) is 2.56. The largest absolute Gasteiger partial charge is 0.488 e. The third-order valence-corrected chi connectivity index (χ3v) is 5.80. The Kier molecular flexibility index (Phi) is 7.38. The molecule has 0 bridgehead atoms. The van der Waals surface area contributed by atoms with E-state index in [9.17, 15) is 20.2 Å². The molecule has 0 spiro atoms. The van der Waals surface area contributed by atoms with Gasteiger partial charge in [-0.05, 0) is 42.0 Å². The molecule has 176 valence electrons. The minimum absolute atomic E-state index is 0.0128. The fourth-order valence-electron chi connectivity index (χ4n) is 3.88. The summed E-state index contributed by atoms with van der Waals surface area (Å²) in [5.74, 6) is 0.214. The van der Waals surface area contributed by atoms with Crippen molar-refractivity contribution in [1.29, 1.82) is 5.26 Å². The molecule has 0 unspecified atom stereocenters. The number of benzene rings is 3. The average Bonchev–Trinajstić information content (AvgIpc) is 2.91. The van der Waals surface area contributed by atoms with E-state index in [4.69, 9.17) is 4.74 Å². The summed E-state index contributed by atoms with van der Waals surface area (Å²) in [7, 11) is 0. The Bertz CT molecular complexity index is 1260. The highest BCUT2D eigenvalue weighted by atomic mass is 16.6. The van der Waals surface area contributed by atoms with E-state index in [1.807, 2.05) is 42.5 Å². The van der Waals surface area contributed by atoms with Gasteiger partial charge in [-0.2, -0.15) is 5.26 Å². The molecule has 1 aliphatic heterocycles. The van der Waals surface area contributed by atoms with Crippen molar-refractivity contribution in [1.82, 2.24) is 4.90 Å². The Morgan fingerprint density at radius 3 is 2.29 bits per heavy atom. The zero-order chi connectivity index (χ0) is 24.6. The third-order valence-electron chi connectivity index (χ3n) is 5.80. The predicted molar refractivity (Wildman–Crippen MR) is 133 cm³/mol. The topological polar surface area (TPSA) is 99.7 Å². The van der Waals surface area contributed by atoms with Crippen LogP contribution in [0.3, 0.4) is 0 Å². The van der Waals surface area contributed by atoms with Gasteiger partial charge in [-0.3, -0.25) is 14.9 Å². The summed E-state index contributed by atoms with van der Waals surface area (Å²) < 4.78 is 5.90. The molecule has 1 aliphatic rings. The van der Waals surface area contributed by atoms with Crippen molar-refractivity contribution >= 4 is 23.4 Å². The average molecular weight is 469 g/mol. The molecule has 0 saturated carbocycles. The second kappa shape index (κ2) is 11.0. The molecule has 0 aliphatic carbocycles. The van der Waals surface area contributed by atoms with Gasteiger partial charge >= 0.3 is 0 Å². The van der Waals surface area contributed by atoms with Crippen molar-refractivity contribution in [3.8, 4) is 11.8 Å². The van der Waals surface area contributed by atoms with Crippen LogP contribution in [0.2, 0.25) is 0 Å². The molecule has 35 heavy (non-hydrogen) atoms. The summed E-state index contributed by atoms with van der Waals surface area (Å²) in [6.07, 6.45) is 1.55. The molecule has 1 heterocycles. The number of piperazine rings is 1. The van der Waals surface area contributed by atoms with Crippen LogP contribution in [-0.2, 0) is 11.4 Å². The van der Waals surface area contributed by atoms with Gasteiger partial charge in [0.25, 0.3) is 11.6 Å². The van der Waals surface area contributed by atoms with Crippen LogP contribution < -0.4 is 9.64 Å². The molecule has 3 aromatic rings. The Morgan fingerprint density at radius 2 is 1.63 bits per heavy atom. The number of amides is 1. The zero-order valence-electron chi connectivity index (χ0n) is 19.0. The standard InChI is InChI=1S/C27H24N4O4/c28-19-23(27(32)30-16-14-29(15-17-30)24-7-2-1-3-8-24)18-22-6-4-5-9-26(22)35-20-21-10-12-25(13-11-21)31(33)34/h1-13,18H,14-17,20H2/b23-18-. The van der Waals surface area contributed by atoms with Gasteiger partial charge in [0.1, 0.15) is 24.0 Å². The lowest BCUT2D eigenvalue weighted by molar-refractivity contribution is -0.384. The van der Waals surface area contributed by atoms with Crippen LogP contribution in [0.4, 0.5) is 11.4 Å². The quantitative estimate of drug-likeness (QED) is 0.220. The number of nitro benzene ring substituents is 1. The van der Waals surface area contributed by atoms with Gasteiger partial charge < -0.3 is 14.5 Å². The molecule has 1 amide bonds. The lowest BCUT2D eigenvalue weighted by Crippen LogP contribution is -2.49. The van der Waals surface area contributed by atoms with Gasteiger partial charge in [0.2, 0.25) is 0 Å². The second-order valence-corrected chi connectivity index (χ2v) is 8.03. The van der Waals surface area contributed by atoms with E-state index < -0.39 is 4.92 Å². The van der Waals surface area contributed by atoms with E-state index in [-0.39, 0.29) is 23.8 Å². The number of anilines is 1. The molecule has 8 nitrogen and oxygen atoms in total. The number of rotatable bonds is 7. The number of carbonyl (C=O) groups excluding carboxylic acids is 1. The third kappa shape index (κ3) is 5.84. The van der Waals surface area contributed by atoms with Crippen LogP contribution in [0.25, 0.3) is 6.08 Å². The lowest BCUT2D eigenvalue weighted by Gasteiger charge is -2.36. The van der Waals surface area contributed by atoms with Crippen LogP contribution in [-0.4, -0.2) is 41.9 Å². The maximum absolute atomic E-state index is 13.1. The van der Waals surface area contributed by atoms with Gasteiger partial charge in [0.15, 0.2) is 0 Å². The maximum atomic E-state index is 13.1. The first-order valence-corrected chi connectivity index (χ1v) is 11.2. The van der Waals surface area contributed by atoms with Crippen molar-refractivity contribution < 1.29 is 14.5 Å². The molecule has 8 heteroatoms. The fraction of sp³-hybridized carbons (Fsp3) is 0.185. The summed E-state index contributed by atoms with van der Waals surface area (Å²) in [6.45, 7) is 2.66. The van der Waals surface area contributed by atoms with Crippen LogP contribution in [0.15, 0.2) is 84.4 Å². The van der Waals surface area contributed by atoms with Crippen LogP contribution in [0, 0.1) is 21.4 Å². The highest BCUT2D eigenvalue weighted by Crippen LogP contribution is 2.24. The van der Waals surface area contributed by atoms with Gasteiger partial charge in [-0.1, -0.05) is 36.4 Å². The van der Waals surface area contributed by atoms with Crippen molar-refractivity contribution in [3.63, 3.8) is 0 Å². The highest BCUT2D eigenvalue weighted by molar-refractivity contribution is 6.02. The molecule has 4 rings (SSSR count). The van der Waals surface area contributed by atoms with Crippen molar-refractivity contribution in [2.24, 2.45) is 0 Å². The Hall–Kier alpha value is -4.64. The monoisotopic (exact) mass is 468 g/mol. The van der Waals surface area contributed by atoms with Gasteiger partial charge in [0, 0.05) is 49.6 Å². The lowest BCUT2D eigenvalue weighted by atomic mass is 10.1. The van der Waals surface area contributed by atoms with E-state index in [1.54, 1.807) is 41.3 Å². The number of para-hydroxylation sites is 2. The Labute approximate surface area is 203 Å². The molecule has 0 aromatic heterocycles. The summed E-state index contributed by atoms with van der Waals surface area (Å²) in [6, 6.07) is 25.4. The first kappa shape index (κ1) is 23.5. The Morgan fingerprint density at radius 1 is 0.971 bits per heavy atom. The molecular formula is C27H24N4O4. The number of hydrogen-bond donors (Lipinski definition) is 0. The first-order chi connectivity index (χ1) is 17.0. The van der Waals surface area contributed by atoms with Gasteiger partial charge in [-0.15, -0.1) is 0 Å². The van der Waals surface area contributed by atoms with E-state index in [0.717, 1.165) is 11.3 Å². The number of non-ortho nitro benzene ring substituents is 1. The summed E-state index contributed by atoms with van der Waals surface area (Å²) in [4.78, 5) is 27.4. The molecular weight excluding hydrogens is 444 g/mol. The summed E-state index contributed by atoms with van der Waals surface area (Å²) >= 11 is 0. The SMILES string of the molecule is N#C/C(=C/c1ccccc1OCc1ccc([N+](=O)[O-])cc1)C(=O)N1CCN(c2ccccc2)CC1. The number of carbonyl (C=O) groups is 1. The van der Waals surface area contributed by atoms with Crippen molar-refractivity contribution in [2.45, 2.75) is 6.61 Å². The number of nitriles is 1. The van der Waals surface area contributed by atoms with Crippen LogP contribution in [0.5, 0.6) is 5.75 Å². The molecule has 3 aromatic carbocycles. The van der Waals surface area contributed by atoms with E-state index in [1.165, 1.54) is 12.1 Å². The molecule has 1 saturated heterocycles. The van der Waals surface area contributed by atoms with Crippen molar-refractivity contribution in [2.75, 3.05) is 31.1 Å². The molecule has 1 fully saturated rings. The molecule has 0 N–H and O–H groups in total. The molecule has 0 radical (unpaired) electrons. The zero-order valence-corrected chi connectivity index (χ0v) is 19.0. The van der Waals surface area contributed by atoms with Gasteiger partial charge in [-0.25, -0.2) is 0 Å². The normalized spacial score (nSPS) is 13.7. The first-order valence-electron chi connectivity index (χ1n) is 11.2. The minimum atomic E-state index is -0.452. The number of hydrogen-bond acceptors (Lipinski definition) is 6. The van der Waals surface area contributed by atoms with Crippen LogP contribution in [0.1, 0.15) is 11.1 Å². The maximum Gasteiger partial charge on any atom is 0.269 e. The van der Waals surface area contributed by atoms with Crippen molar-refractivity contribution in [3.05, 3.63) is 106 Å². The van der Waals surface area contributed by atoms with Crippen LogP contribution >= 0.6 is 0 Å². The Balaban J connectivity index is 1.43. The van der Waals surface area contributed by atoms with E-state index in [0.29, 0.717) is 37.5 Å². The number of ether oxygens (including phenoxy) is 1. The van der Waals surface area contributed by atoms with Gasteiger partial charge in [0.05, 0.1) is 4.92 Å². The second-order valence-electron chi connectivity index (χ2n) is 8.03. The predicted octanol–water partition coefficient (Wildman–Crippen LogP) is 4.43. The van der Waals surface area contributed by atoms with E-state index >= 15 is 0 Å². The highest BCUT2D eigenvalue weighted by Gasteiger charge is 2.24. The minimum Gasteiger partial charge on any atom is -0.488 e.